The molecule has 0 amide bonds. The van der Waals surface area contributed by atoms with Gasteiger partial charge in [-0.15, -0.1) is 0 Å². The van der Waals surface area contributed by atoms with E-state index in [9.17, 15) is 14.0 Å². The predicted molar refractivity (Wildman–Crippen MR) is 112 cm³/mol. The Hall–Kier alpha value is -2.47. The van der Waals surface area contributed by atoms with E-state index in [4.69, 9.17) is 0 Å². The second kappa shape index (κ2) is 9.15. The molecule has 0 aliphatic rings. The van der Waals surface area contributed by atoms with Crippen molar-refractivity contribution in [3.63, 3.8) is 0 Å². The summed E-state index contributed by atoms with van der Waals surface area (Å²) in [4.78, 5) is 29.8. The highest BCUT2D eigenvalue weighted by Crippen LogP contribution is 2.23. The van der Waals surface area contributed by atoms with E-state index >= 15 is 0 Å². The van der Waals surface area contributed by atoms with E-state index in [0.29, 0.717) is 40.2 Å². The summed E-state index contributed by atoms with van der Waals surface area (Å²) in [5.41, 5.74) is 1.19. The van der Waals surface area contributed by atoms with Gasteiger partial charge < -0.3 is 0 Å². The van der Waals surface area contributed by atoms with Crippen LogP contribution in [-0.2, 0) is 0 Å². The quantitative estimate of drug-likeness (QED) is 0.225. The Balaban J connectivity index is 1.72. The molecular formula is C22H23FN2O2S. The van der Waals surface area contributed by atoms with Crippen LogP contribution in [0.4, 0.5) is 4.39 Å². The molecule has 1 aromatic heterocycles. The molecule has 0 saturated heterocycles. The van der Waals surface area contributed by atoms with Crippen molar-refractivity contribution >= 4 is 28.4 Å². The number of aromatic nitrogens is 2. The Kier molecular flexibility index (Phi) is 6.62. The number of fused-ring (bicyclic) bond motifs is 1. The fraction of sp³-hybridized carbons (Fsp3) is 0.318. The van der Waals surface area contributed by atoms with Gasteiger partial charge in [0.2, 0.25) is 0 Å². The molecule has 0 fully saturated rings. The lowest BCUT2D eigenvalue weighted by Crippen LogP contribution is -2.26. The summed E-state index contributed by atoms with van der Waals surface area (Å²) in [5, 5.41) is 1.31. The highest BCUT2D eigenvalue weighted by Gasteiger charge is 2.15. The zero-order valence-corrected chi connectivity index (χ0v) is 16.8. The van der Waals surface area contributed by atoms with Gasteiger partial charge in [0.25, 0.3) is 5.56 Å². The van der Waals surface area contributed by atoms with Crippen LogP contribution in [0, 0.1) is 5.82 Å². The summed E-state index contributed by atoms with van der Waals surface area (Å²) < 4.78 is 14.7. The predicted octanol–water partition coefficient (Wildman–Crippen LogP) is 5.26. The third kappa shape index (κ3) is 4.50. The Morgan fingerprint density at radius 2 is 1.89 bits per heavy atom. The molecule has 0 saturated carbocycles. The molecule has 0 bridgehead atoms. The van der Waals surface area contributed by atoms with E-state index < -0.39 is 0 Å². The fourth-order valence-corrected chi connectivity index (χ4v) is 4.01. The normalized spacial score (nSPS) is 12.2. The Labute approximate surface area is 167 Å². The number of ketones is 1. The lowest BCUT2D eigenvalue weighted by molar-refractivity contribution is 0.0982. The van der Waals surface area contributed by atoms with Gasteiger partial charge in [0.05, 0.1) is 10.9 Å². The van der Waals surface area contributed by atoms with Gasteiger partial charge in [-0.1, -0.05) is 30.8 Å². The minimum absolute atomic E-state index is 0.00797. The zero-order valence-electron chi connectivity index (χ0n) is 16.0. The number of para-hydroxylation sites is 1. The van der Waals surface area contributed by atoms with Crippen LogP contribution in [0.2, 0.25) is 0 Å². The molecule has 146 valence electrons. The van der Waals surface area contributed by atoms with E-state index in [0.717, 1.165) is 6.42 Å². The maximum Gasteiger partial charge on any atom is 0.262 e. The molecule has 3 aromatic rings. The van der Waals surface area contributed by atoms with Crippen LogP contribution in [0.25, 0.3) is 10.9 Å². The first-order valence-electron chi connectivity index (χ1n) is 9.44. The molecular weight excluding hydrogens is 375 g/mol. The summed E-state index contributed by atoms with van der Waals surface area (Å²) in [6, 6.07) is 13.0. The smallest absolute Gasteiger partial charge is 0.262 e. The van der Waals surface area contributed by atoms with Crippen molar-refractivity contribution in [2.45, 2.75) is 44.3 Å². The van der Waals surface area contributed by atoms with Gasteiger partial charge in [-0.3, -0.25) is 14.2 Å². The Morgan fingerprint density at radius 3 is 2.61 bits per heavy atom. The van der Waals surface area contributed by atoms with Gasteiger partial charge in [-0.2, -0.15) is 0 Å². The van der Waals surface area contributed by atoms with Gasteiger partial charge in [0.1, 0.15) is 5.82 Å². The number of hydrogen-bond donors (Lipinski definition) is 0. The van der Waals surface area contributed by atoms with Crippen molar-refractivity contribution in [2.24, 2.45) is 0 Å². The molecule has 0 radical (unpaired) electrons. The summed E-state index contributed by atoms with van der Waals surface area (Å²) in [7, 11) is 0. The fourth-order valence-electron chi connectivity index (χ4n) is 2.97. The molecule has 1 unspecified atom stereocenters. The van der Waals surface area contributed by atoms with E-state index in [1.54, 1.807) is 10.6 Å². The van der Waals surface area contributed by atoms with E-state index in [1.165, 1.54) is 36.0 Å². The van der Waals surface area contributed by atoms with E-state index in [1.807, 2.05) is 32.0 Å². The third-order valence-corrected chi connectivity index (χ3v) is 5.79. The number of thioether (sulfide) groups is 1. The number of hydrogen-bond acceptors (Lipinski definition) is 4. The summed E-state index contributed by atoms with van der Waals surface area (Å²) >= 11 is 1.50. The summed E-state index contributed by atoms with van der Waals surface area (Å²) in [5.74, 6) is 0.317. The molecule has 3 rings (SSSR count). The van der Waals surface area contributed by atoms with Crippen molar-refractivity contribution in [3.05, 3.63) is 70.3 Å². The molecule has 0 N–H and O–H groups in total. The number of Topliss-reactive ketones (excluding diaryl/α,β-unsaturated/α-hetero) is 1. The topological polar surface area (TPSA) is 52.0 Å². The zero-order chi connectivity index (χ0) is 20.1. The minimum atomic E-state index is -0.350. The second-order valence-corrected chi connectivity index (χ2v) is 7.79. The molecule has 6 heteroatoms. The molecule has 4 nitrogen and oxygen atoms in total. The van der Waals surface area contributed by atoms with Crippen molar-refractivity contribution in [1.29, 1.82) is 0 Å². The molecule has 1 heterocycles. The van der Waals surface area contributed by atoms with Gasteiger partial charge in [0.15, 0.2) is 10.9 Å². The average molecular weight is 399 g/mol. The standard InChI is InChI=1S/C22H23FN2O2S/c1-3-15(2)25-21(27)18-7-4-5-8-19(18)24-22(25)28-14-6-9-20(26)16-10-12-17(23)13-11-16/h4-5,7-8,10-13,15H,3,6,9,14H2,1-2H3. The third-order valence-electron chi connectivity index (χ3n) is 4.75. The van der Waals surface area contributed by atoms with Crippen molar-refractivity contribution in [1.82, 2.24) is 9.55 Å². The monoisotopic (exact) mass is 398 g/mol. The number of nitrogens with zero attached hydrogens (tertiary/aromatic N) is 2. The van der Waals surface area contributed by atoms with Crippen molar-refractivity contribution in [2.75, 3.05) is 5.75 Å². The van der Waals surface area contributed by atoms with Crippen LogP contribution < -0.4 is 5.56 Å². The van der Waals surface area contributed by atoms with Crippen molar-refractivity contribution in [3.8, 4) is 0 Å². The number of halogens is 1. The first-order valence-corrected chi connectivity index (χ1v) is 10.4. The number of rotatable bonds is 8. The van der Waals surface area contributed by atoms with Crippen LogP contribution >= 0.6 is 11.8 Å². The van der Waals surface area contributed by atoms with Crippen LogP contribution in [0.5, 0.6) is 0 Å². The Morgan fingerprint density at radius 1 is 1.18 bits per heavy atom. The maximum atomic E-state index is 13.0. The van der Waals surface area contributed by atoms with Crippen LogP contribution in [0.1, 0.15) is 49.5 Å². The highest BCUT2D eigenvalue weighted by atomic mass is 32.2. The van der Waals surface area contributed by atoms with Gasteiger partial charge >= 0.3 is 0 Å². The minimum Gasteiger partial charge on any atom is -0.294 e. The lowest BCUT2D eigenvalue weighted by atomic mass is 10.1. The molecule has 0 aliphatic heterocycles. The summed E-state index contributed by atoms with van der Waals surface area (Å²) in [6.07, 6.45) is 1.86. The first kappa shape index (κ1) is 20.3. The van der Waals surface area contributed by atoms with Crippen molar-refractivity contribution < 1.29 is 9.18 Å². The number of carbonyl (C=O) groups excluding carboxylic acids is 1. The lowest BCUT2D eigenvalue weighted by Gasteiger charge is -2.18. The first-order chi connectivity index (χ1) is 13.5. The summed E-state index contributed by atoms with van der Waals surface area (Å²) in [6.45, 7) is 4.06. The molecule has 1 atom stereocenters. The SMILES string of the molecule is CCC(C)n1c(SCCCC(=O)c2ccc(F)cc2)nc2ccccc2c1=O. The van der Waals surface area contributed by atoms with Crippen LogP contribution in [-0.4, -0.2) is 21.1 Å². The molecule has 0 spiro atoms. The number of benzene rings is 2. The maximum absolute atomic E-state index is 13.0. The van der Waals surface area contributed by atoms with Gasteiger partial charge in [-0.25, -0.2) is 9.37 Å². The van der Waals surface area contributed by atoms with E-state index in [2.05, 4.69) is 4.98 Å². The largest absolute Gasteiger partial charge is 0.294 e. The molecule has 0 aliphatic carbocycles. The molecule has 2 aromatic carbocycles. The average Bonchev–Trinajstić information content (AvgIpc) is 2.71. The van der Waals surface area contributed by atoms with Crippen LogP contribution in [0.3, 0.4) is 0 Å². The Bertz CT molecular complexity index is 1030. The molecule has 28 heavy (non-hydrogen) atoms. The van der Waals surface area contributed by atoms with Gasteiger partial charge in [-0.05, 0) is 56.2 Å². The van der Waals surface area contributed by atoms with E-state index in [-0.39, 0.29) is 23.2 Å². The number of carbonyl (C=O) groups is 1. The van der Waals surface area contributed by atoms with Crippen LogP contribution in [0.15, 0.2) is 58.5 Å². The highest BCUT2D eigenvalue weighted by molar-refractivity contribution is 7.99. The van der Waals surface area contributed by atoms with Gasteiger partial charge in [0, 0.05) is 23.8 Å². The second-order valence-electron chi connectivity index (χ2n) is 6.73.